The van der Waals surface area contributed by atoms with E-state index in [0.717, 1.165) is 6.42 Å². The van der Waals surface area contributed by atoms with Crippen LogP contribution in [0.25, 0.3) is 0 Å². The second-order valence-corrected chi connectivity index (χ2v) is 11.4. The molecule has 1 fully saturated rings. The Hall–Kier alpha value is -1.74. The number of piperidine rings is 1. The molecule has 3 rings (SSSR count). The van der Waals surface area contributed by atoms with Gasteiger partial charge in [-0.15, -0.1) is 11.3 Å². The third kappa shape index (κ3) is 5.29. The summed E-state index contributed by atoms with van der Waals surface area (Å²) >= 11 is 1.66. The van der Waals surface area contributed by atoms with Gasteiger partial charge in [0.25, 0.3) is 5.91 Å². The Kier molecular flexibility index (Phi) is 7.34. The molecule has 0 spiro atoms. The Morgan fingerprint density at radius 1 is 1.17 bits per heavy atom. The first-order chi connectivity index (χ1) is 14.2. The number of carbonyl (C=O) groups excluding carboxylic acids is 1. The van der Waals surface area contributed by atoms with Crippen LogP contribution in [-0.4, -0.2) is 57.3 Å². The molecule has 164 valence electrons. The number of thiophene rings is 1. The lowest BCUT2D eigenvalue weighted by Crippen LogP contribution is -2.42. The Labute approximate surface area is 183 Å². The molecule has 6 nitrogen and oxygen atoms in total. The van der Waals surface area contributed by atoms with E-state index >= 15 is 0 Å². The highest BCUT2D eigenvalue weighted by atomic mass is 32.2. The first kappa shape index (κ1) is 22.9. The molecule has 0 unspecified atom stereocenters. The summed E-state index contributed by atoms with van der Waals surface area (Å²) < 4.78 is 27.6. The molecule has 30 heavy (non-hydrogen) atoms. The quantitative estimate of drug-likeness (QED) is 0.703. The van der Waals surface area contributed by atoms with Crippen molar-refractivity contribution in [1.82, 2.24) is 14.5 Å². The molecule has 1 amide bonds. The van der Waals surface area contributed by atoms with Gasteiger partial charge in [-0.2, -0.15) is 4.31 Å². The van der Waals surface area contributed by atoms with Crippen LogP contribution >= 0.6 is 11.3 Å². The largest absolute Gasteiger partial charge is 0.350 e. The number of rotatable bonds is 7. The number of carbonyl (C=O) groups is 1. The molecule has 1 saturated heterocycles. The van der Waals surface area contributed by atoms with Crippen LogP contribution in [0, 0.1) is 11.8 Å². The molecule has 1 aromatic carbocycles. The fraction of sp³-hybridized carbons (Fsp3) is 0.500. The molecule has 0 bridgehead atoms. The van der Waals surface area contributed by atoms with Crippen molar-refractivity contribution in [2.45, 2.75) is 31.2 Å². The standard InChI is InChI=1S/C22H31N3O3S2/c1-16-12-17(2)15-25(14-16)30(27,28)19-9-7-18(8-10-19)22(26)23-13-20(24(3)4)21-6-5-11-29-21/h5-11,16-17,20H,12-15H2,1-4H3,(H,23,26)/t16-,17+,20-/m1/s1. The highest BCUT2D eigenvalue weighted by molar-refractivity contribution is 7.89. The second-order valence-electron chi connectivity index (χ2n) is 8.50. The van der Waals surface area contributed by atoms with E-state index in [9.17, 15) is 13.2 Å². The van der Waals surface area contributed by atoms with E-state index in [4.69, 9.17) is 0 Å². The van der Waals surface area contributed by atoms with Crippen LogP contribution in [0.2, 0.25) is 0 Å². The Morgan fingerprint density at radius 2 is 1.80 bits per heavy atom. The molecule has 1 N–H and O–H groups in total. The number of benzene rings is 1. The number of amides is 1. The van der Waals surface area contributed by atoms with Crippen LogP contribution < -0.4 is 5.32 Å². The van der Waals surface area contributed by atoms with Crippen molar-refractivity contribution < 1.29 is 13.2 Å². The average molecular weight is 450 g/mol. The van der Waals surface area contributed by atoms with Gasteiger partial charge in [0.2, 0.25) is 10.0 Å². The lowest BCUT2D eigenvalue weighted by molar-refractivity contribution is 0.0942. The lowest BCUT2D eigenvalue weighted by atomic mass is 9.94. The SMILES string of the molecule is C[C@@H]1C[C@H](C)CN(S(=O)(=O)c2ccc(C(=O)NC[C@H](c3cccs3)N(C)C)cc2)C1. The topological polar surface area (TPSA) is 69.7 Å². The van der Waals surface area contributed by atoms with Crippen LogP contribution in [0.4, 0.5) is 0 Å². The lowest BCUT2D eigenvalue weighted by Gasteiger charge is -2.34. The van der Waals surface area contributed by atoms with Crippen molar-refractivity contribution in [3.05, 3.63) is 52.2 Å². The Bertz CT molecular complexity index is 931. The molecule has 1 aliphatic heterocycles. The maximum Gasteiger partial charge on any atom is 0.251 e. The summed E-state index contributed by atoms with van der Waals surface area (Å²) in [7, 11) is 0.429. The van der Waals surface area contributed by atoms with Gasteiger partial charge in [0.05, 0.1) is 10.9 Å². The molecular weight excluding hydrogens is 418 g/mol. The van der Waals surface area contributed by atoms with Crippen LogP contribution in [0.15, 0.2) is 46.7 Å². The zero-order chi connectivity index (χ0) is 21.9. The minimum atomic E-state index is -3.54. The summed E-state index contributed by atoms with van der Waals surface area (Å²) in [5.41, 5.74) is 0.456. The fourth-order valence-corrected chi connectivity index (χ4v) is 6.64. The number of likely N-dealkylation sites (N-methyl/N-ethyl adjacent to an activating group) is 1. The van der Waals surface area contributed by atoms with E-state index in [0.29, 0.717) is 37.0 Å². The van der Waals surface area contributed by atoms with Gasteiger partial charge < -0.3 is 10.2 Å². The summed E-state index contributed by atoms with van der Waals surface area (Å²) in [6.07, 6.45) is 1.05. The fourth-order valence-electron chi connectivity index (χ4n) is 4.04. The predicted octanol–water partition coefficient (Wildman–Crippen LogP) is 3.45. The maximum atomic E-state index is 13.0. The smallest absolute Gasteiger partial charge is 0.251 e. The van der Waals surface area contributed by atoms with E-state index < -0.39 is 10.0 Å². The van der Waals surface area contributed by atoms with Crippen molar-refractivity contribution >= 4 is 27.3 Å². The van der Waals surface area contributed by atoms with Crippen LogP contribution in [-0.2, 0) is 10.0 Å². The molecule has 3 atom stereocenters. The van der Waals surface area contributed by atoms with Crippen molar-refractivity contribution in [3.63, 3.8) is 0 Å². The normalized spacial score (nSPS) is 21.5. The van der Waals surface area contributed by atoms with Crippen molar-refractivity contribution in [1.29, 1.82) is 0 Å². The third-order valence-corrected chi connectivity index (χ3v) is 8.36. The number of hydrogen-bond donors (Lipinski definition) is 1. The maximum absolute atomic E-state index is 13.0. The molecule has 2 aromatic rings. The van der Waals surface area contributed by atoms with Gasteiger partial charge >= 0.3 is 0 Å². The van der Waals surface area contributed by atoms with Gasteiger partial charge in [-0.25, -0.2) is 8.42 Å². The van der Waals surface area contributed by atoms with E-state index in [-0.39, 0.29) is 16.8 Å². The first-order valence-corrected chi connectivity index (χ1v) is 12.6. The van der Waals surface area contributed by atoms with Crippen LogP contribution in [0.3, 0.4) is 0 Å². The number of nitrogens with zero attached hydrogens (tertiary/aromatic N) is 2. The van der Waals surface area contributed by atoms with Gasteiger partial charge in [-0.3, -0.25) is 4.79 Å². The monoisotopic (exact) mass is 449 g/mol. The van der Waals surface area contributed by atoms with Crippen LogP contribution in [0.1, 0.15) is 41.5 Å². The van der Waals surface area contributed by atoms with E-state index in [1.807, 2.05) is 25.5 Å². The second kappa shape index (κ2) is 9.60. The van der Waals surface area contributed by atoms with E-state index in [1.54, 1.807) is 27.8 Å². The summed E-state index contributed by atoms with van der Waals surface area (Å²) in [6, 6.07) is 10.4. The molecule has 0 aliphatic carbocycles. The Balaban J connectivity index is 1.66. The van der Waals surface area contributed by atoms with Crippen LogP contribution in [0.5, 0.6) is 0 Å². The Morgan fingerprint density at radius 3 is 2.33 bits per heavy atom. The average Bonchev–Trinajstić information content (AvgIpc) is 3.21. The minimum Gasteiger partial charge on any atom is -0.350 e. The highest BCUT2D eigenvalue weighted by Gasteiger charge is 2.31. The summed E-state index contributed by atoms with van der Waals surface area (Å²) in [5, 5.41) is 4.99. The summed E-state index contributed by atoms with van der Waals surface area (Å²) in [6.45, 7) is 5.74. The highest BCUT2D eigenvalue weighted by Crippen LogP contribution is 2.27. The number of sulfonamides is 1. The van der Waals surface area contributed by atoms with Crippen molar-refractivity contribution in [2.24, 2.45) is 11.8 Å². The van der Waals surface area contributed by atoms with Gasteiger partial charge in [-0.05, 0) is 68.1 Å². The zero-order valence-electron chi connectivity index (χ0n) is 18.0. The molecular formula is C22H31N3O3S2. The van der Waals surface area contributed by atoms with Crippen molar-refractivity contribution in [2.75, 3.05) is 33.7 Å². The first-order valence-electron chi connectivity index (χ1n) is 10.3. The van der Waals surface area contributed by atoms with E-state index in [2.05, 4.69) is 30.1 Å². The summed E-state index contributed by atoms with van der Waals surface area (Å²) in [5.74, 6) is 0.491. The molecule has 8 heteroatoms. The predicted molar refractivity (Wildman–Crippen MR) is 121 cm³/mol. The van der Waals surface area contributed by atoms with Crippen molar-refractivity contribution in [3.8, 4) is 0 Å². The zero-order valence-corrected chi connectivity index (χ0v) is 19.7. The van der Waals surface area contributed by atoms with E-state index in [1.165, 1.54) is 17.0 Å². The molecule has 0 radical (unpaired) electrons. The minimum absolute atomic E-state index is 0.0941. The van der Waals surface area contributed by atoms with Gasteiger partial charge in [0, 0.05) is 30.1 Å². The number of hydrogen-bond acceptors (Lipinski definition) is 5. The molecule has 0 saturated carbocycles. The van der Waals surface area contributed by atoms with Gasteiger partial charge in [-0.1, -0.05) is 19.9 Å². The van der Waals surface area contributed by atoms with Gasteiger partial charge in [0.15, 0.2) is 0 Å². The molecule has 1 aromatic heterocycles. The summed E-state index contributed by atoms with van der Waals surface area (Å²) in [4.78, 5) is 16.1. The molecule has 2 heterocycles. The molecule has 1 aliphatic rings. The van der Waals surface area contributed by atoms with Gasteiger partial charge in [0.1, 0.15) is 0 Å². The third-order valence-electron chi connectivity index (χ3n) is 5.54. The number of nitrogens with one attached hydrogen (secondary N) is 1.